The maximum Gasteiger partial charge on any atom is 0.237 e. The minimum absolute atomic E-state index is 0.0738. The van der Waals surface area contributed by atoms with Crippen molar-refractivity contribution < 1.29 is 14.6 Å². The summed E-state index contributed by atoms with van der Waals surface area (Å²) in [5.74, 6) is 0.471. The molecule has 0 radical (unpaired) electrons. The summed E-state index contributed by atoms with van der Waals surface area (Å²) < 4.78 is 5.57. The number of nitrogens with zero attached hydrogens (tertiary/aromatic N) is 4. The highest BCUT2D eigenvalue weighted by Gasteiger charge is 2.38. The smallest absolute Gasteiger partial charge is 0.237 e. The molecule has 2 aliphatic rings. The molecular weight excluding hydrogens is 635 g/mol. The van der Waals surface area contributed by atoms with Crippen LogP contribution in [0.5, 0.6) is 5.88 Å². The number of likely N-dealkylation sites (tertiary alicyclic amines) is 1. The van der Waals surface area contributed by atoms with Crippen LogP contribution in [0, 0.1) is 16.7 Å². The average Bonchev–Trinajstić information content (AvgIpc) is 3.49. The van der Waals surface area contributed by atoms with Gasteiger partial charge >= 0.3 is 0 Å². The van der Waals surface area contributed by atoms with Crippen molar-refractivity contribution in [3.05, 3.63) is 87.7 Å². The van der Waals surface area contributed by atoms with Crippen molar-refractivity contribution in [3.63, 3.8) is 0 Å². The molecule has 1 atom stereocenters. The number of aromatic nitrogens is 2. The van der Waals surface area contributed by atoms with E-state index in [-0.39, 0.29) is 24.0 Å². The maximum absolute atomic E-state index is 11.5. The molecule has 0 aliphatic carbocycles. The first-order chi connectivity index (χ1) is 22.7. The standard InChI is InChI=1S/C36H36Cl2N6O3/c1-36(21-45)19-44(20-36)18-23-10-9-22(13-24(23)14-39)26-5-3-6-27(33(26)37)28-7-4-8-29(34(28)38)30-17-41-31(35(43-30)47-2)16-40-15-25-11-12-32(46)42-25/h3-10,13,17,25,40,45H,11-12,15-16,18-21H2,1-2H3,(H,42,46). The van der Waals surface area contributed by atoms with Crippen molar-refractivity contribution in [2.24, 2.45) is 5.41 Å². The molecule has 1 unspecified atom stereocenters. The van der Waals surface area contributed by atoms with Crippen molar-refractivity contribution >= 4 is 29.1 Å². The van der Waals surface area contributed by atoms with E-state index in [1.807, 2.05) is 54.6 Å². The zero-order valence-corrected chi connectivity index (χ0v) is 27.8. The molecule has 242 valence electrons. The van der Waals surface area contributed by atoms with Crippen LogP contribution >= 0.6 is 23.2 Å². The van der Waals surface area contributed by atoms with Crippen LogP contribution in [0.15, 0.2) is 60.8 Å². The third-order valence-corrected chi connectivity index (χ3v) is 9.68. The molecule has 2 aliphatic heterocycles. The van der Waals surface area contributed by atoms with Crippen LogP contribution in [-0.4, -0.2) is 65.3 Å². The van der Waals surface area contributed by atoms with Crippen LogP contribution in [0.2, 0.25) is 10.0 Å². The first-order valence-corrected chi connectivity index (χ1v) is 16.3. The van der Waals surface area contributed by atoms with Gasteiger partial charge in [0, 0.05) is 72.9 Å². The molecule has 1 amide bonds. The first-order valence-electron chi connectivity index (χ1n) is 15.6. The van der Waals surface area contributed by atoms with Crippen LogP contribution < -0.4 is 15.4 Å². The molecule has 3 N–H and O–H groups in total. The number of amides is 1. The Labute approximate surface area is 284 Å². The zero-order valence-electron chi connectivity index (χ0n) is 26.3. The minimum Gasteiger partial charge on any atom is -0.480 e. The summed E-state index contributed by atoms with van der Waals surface area (Å²) in [4.78, 5) is 23.1. The summed E-state index contributed by atoms with van der Waals surface area (Å²) in [7, 11) is 1.56. The fourth-order valence-electron chi connectivity index (χ4n) is 6.38. The normalized spacial score (nSPS) is 17.2. The molecule has 11 heteroatoms. The van der Waals surface area contributed by atoms with Gasteiger partial charge in [-0.1, -0.05) is 78.7 Å². The summed E-state index contributed by atoms with van der Waals surface area (Å²) in [6.45, 7) is 5.55. The van der Waals surface area contributed by atoms with E-state index in [4.69, 9.17) is 32.9 Å². The summed E-state index contributed by atoms with van der Waals surface area (Å²) in [6.07, 6.45) is 3.05. The number of methoxy groups -OCH3 is 1. The topological polar surface area (TPSA) is 123 Å². The summed E-state index contributed by atoms with van der Waals surface area (Å²) in [5.41, 5.74) is 6.48. The van der Waals surface area contributed by atoms with Crippen molar-refractivity contribution in [2.75, 3.05) is 33.4 Å². The molecule has 3 heterocycles. The lowest BCUT2D eigenvalue weighted by atomic mass is 9.82. The molecule has 0 bridgehead atoms. The maximum atomic E-state index is 11.5. The van der Waals surface area contributed by atoms with Gasteiger partial charge in [0.1, 0.15) is 5.69 Å². The number of hydrogen-bond acceptors (Lipinski definition) is 8. The lowest BCUT2D eigenvalue weighted by molar-refractivity contribution is -0.119. The number of aliphatic hydroxyl groups excluding tert-OH is 1. The molecule has 3 aromatic carbocycles. The minimum atomic E-state index is -0.0738. The number of aliphatic hydroxyl groups is 1. The molecule has 0 spiro atoms. The fourth-order valence-corrected chi connectivity index (χ4v) is 7.04. The highest BCUT2D eigenvalue weighted by Crippen LogP contribution is 2.42. The fraction of sp³-hybridized carbons (Fsp3) is 0.333. The highest BCUT2D eigenvalue weighted by molar-refractivity contribution is 6.39. The van der Waals surface area contributed by atoms with E-state index in [2.05, 4.69) is 33.5 Å². The molecule has 9 nitrogen and oxygen atoms in total. The Hall–Kier alpha value is -4.04. The number of carbonyl (C=O) groups is 1. The number of carbonyl (C=O) groups excluding carboxylic acids is 1. The number of nitrogens with one attached hydrogen (secondary N) is 2. The first kappa shape index (κ1) is 32.9. The van der Waals surface area contributed by atoms with Crippen molar-refractivity contribution in [1.82, 2.24) is 25.5 Å². The monoisotopic (exact) mass is 670 g/mol. The van der Waals surface area contributed by atoms with Gasteiger partial charge < -0.3 is 20.5 Å². The van der Waals surface area contributed by atoms with E-state index in [9.17, 15) is 15.2 Å². The number of rotatable bonds is 11. The summed E-state index contributed by atoms with van der Waals surface area (Å²) >= 11 is 14.1. The Morgan fingerprint density at radius 2 is 1.81 bits per heavy atom. The van der Waals surface area contributed by atoms with Crippen molar-refractivity contribution in [1.29, 1.82) is 5.26 Å². The van der Waals surface area contributed by atoms with Crippen LogP contribution in [-0.2, 0) is 17.9 Å². The van der Waals surface area contributed by atoms with Crippen molar-refractivity contribution in [2.45, 2.75) is 38.9 Å². The van der Waals surface area contributed by atoms with E-state index >= 15 is 0 Å². The Balaban J connectivity index is 1.23. The SMILES string of the molecule is COc1nc(-c2cccc(-c3cccc(-c4ccc(CN5CC(C)(CO)C5)c(C#N)c4)c3Cl)c2Cl)cnc1CNCC1CCC(=O)N1. The molecule has 1 aromatic heterocycles. The van der Waals surface area contributed by atoms with E-state index in [0.29, 0.717) is 64.5 Å². The van der Waals surface area contributed by atoms with E-state index in [1.54, 1.807) is 13.3 Å². The lowest BCUT2D eigenvalue weighted by Gasteiger charge is -2.47. The van der Waals surface area contributed by atoms with Crippen LogP contribution in [0.25, 0.3) is 33.5 Å². The van der Waals surface area contributed by atoms with Crippen molar-refractivity contribution in [3.8, 4) is 45.5 Å². The largest absolute Gasteiger partial charge is 0.480 e. The van der Waals surface area contributed by atoms with Gasteiger partial charge in [-0.05, 0) is 23.6 Å². The Kier molecular flexibility index (Phi) is 9.78. The van der Waals surface area contributed by atoms with Gasteiger partial charge in [-0.3, -0.25) is 14.7 Å². The second-order valence-electron chi connectivity index (χ2n) is 12.6. The number of halogens is 2. The number of nitriles is 1. The number of ether oxygens (including phenoxy) is 1. The van der Waals surface area contributed by atoms with Gasteiger partial charge in [0.05, 0.1) is 47.3 Å². The van der Waals surface area contributed by atoms with E-state index in [0.717, 1.165) is 47.3 Å². The lowest BCUT2D eigenvalue weighted by Crippen LogP contribution is -2.55. The molecule has 2 fully saturated rings. The van der Waals surface area contributed by atoms with Crippen LogP contribution in [0.1, 0.15) is 36.6 Å². The second kappa shape index (κ2) is 14.0. The Morgan fingerprint density at radius 3 is 2.47 bits per heavy atom. The summed E-state index contributed by atoms with van der Waals surface area (Å²) in [6, 6.07) is 19.8. The molecule has 4 aromatic rings. The van der Waals surface area contributed by atoms with E-state index < -0.39 is 0 Å². The Bertz CT molecular complexity index is 1850. The predicted molar refractivity (Wildman–Crippen MR) is 183 cm³/mol. The molecule has 0 saturated carbocycles. The van der Waals surface area contributed by atoms with Gasteiger partial charge in [0.15, 0.2) is 0 Å². The molecule has 6 rings (SSSR count). The third kappa shape index (κ3) is 6.98. The second-order valence-corrected chi connectivity index (χ2v) is 13.3. The van der Waals surface area contributed by atoms with Crippen LogP contribution in [0.3, 0.4) is 0 Å². The van der Waals surface area contributed by atoms with Gasteiger partial charge in [-0.2, -0.15) is 5.26 Å². The van der Waals surface area contributed by atoms with Gasteiger partial charge in [-0.25, -0.2) is 4.98 Å². The van der Waals surface area contributed by atoms with Gasteiger partial charge in [-0.15, -0.1) is 0 Å². The van der Waals surface area contributed by atoms with Gasteiger partial charge in [0.25, 0.3) is 0 Å². The highest BCUT2D eigenvalue weighted by atomic mass is 35.5. The zero-order chi connectivity index (χ0) is 33.1. The summed E-state index contributed by atoms with van der Waals surface area (Å²) in [5, 5.41) is 26.8. The third-order valence-electron chi connectivity index (χ3n) is 8.86. The average molecular weight is 672 g/mol. The molecular formula is C36H36Cl2N6O3. The molecule has 47 heavy (non-hydrogen) atoms. The number of benzene rings is 3. The number of hydrogen-bond donors (Lipinski definition) is 3. The molecule has 2 saturated heterocycles. The van der Waals surface area contributed by atoms with E-state index in [1.165, 1.54) is 0 Å². The Morgan fingerprint density at radius 1 is 1.11 bits per heavy atom. The quantitative estimate of drug-likeness (QED) is 0.182. The predicted octanol–water partition coefficient (Wildman–Crippen LogP) is 5.85. The van der Waals surface area contributed by atoms with Gasteiger partial charge in [0.2, 0.25) is 11.8 Å². The van der Waals surface area contributed by atoms with Crippen LogP contribution in [0.4, 0.5) is 0 Å².